The first kappa shape index (κ1) is 16.0. The van der Waals surface area contributed by atoms with Crippen molar-refractivity contribution in [2.24, 2.45) is 0 Å². The summed E-state index contributed by atoms with van der Waals surface area (Å²) in [4.78, 5) is 8.18. The van der Waals surface area contributed by atoms with E-state index < -0.39 is 17.5 Å². The van der Waals surface area contributed by atoms with E-state index >= 15 is 0 Å². The Morgan fingerprint density at radius 2 is 2.27 bits per heavy atom. The number of hydrogen-bond acceptors (Lipinski definition) is 5. The van der Waals surface area contributed by atoms with Gasteiger partial charge in [0.2, 0.25) is 5.28 Å². The predicted octanol–water partition coefficient (Wildman–Crippen LogP) is 2.60. The summed E-state index contributed by atoms with van der Waals surface area (Å²) in [5, 5.41) is 13.7. The van der Waals surface area contributed by atoms with E-state index in [1.807, 2.05) is 0 Å². The first-order valence-corrected chi connectivity index (χ1v) is 7.90. The van der Waals surface area contributed by atoms with Crippen LogP contribution >= 0.6 is 27.5 Å². The van der Waals surface area contributed by atoms with Crippen LogP contribution in [0, 0.1) is 5.82 Å². The molecule has 8 heteroatoms. The second-order valence-corrected chi connectivity index (χ2v) is 6.76. The Balaban J connectivity index is 2.09. The van der Waals surface area contributed by atoms with Crippen molar-refractivity contribution in [2.45, 2.75) is 18.6 Å². The van der Waals surface area contributed by atoms with Gasteiger partial charge in [0.15, 0.2) is 5.82 Å². The quantitative estimate of drug-likeness (QED) is 0.733. The highest BCUT2D eigenvalue weighted by Gasteiger charge is 2.29. The highest BCUT2D eigenvalue weighted by atomic mass is 79.9. The number of fused-ring (bicyclic) bond motifs is 1. The molecule has 1 aromatic carbocycles. The number of aromatic nitrogens is 2. The molecule has 118 valence electrons. The predicted molar refractivity (Wildman–Crippen MR) is 84.4 cm³/mol. The topological polar surface area (TPSA) is 67.3 Å². The molecule has 3 rings (SSSR count). The van der Waals surface area contributed by atoms with Crippen molar-refractivity contribution in [3.8, 4) is 0 Å². The molecule has 1 aromatic heterocycles. The molecule has 0 saturated carbocycles. The van der Waals surface area contributed by atoms with Crippen LogP contribution in [0.5, 0.6) is 0 Å². The van der Waals surface area contributed by atoms with Crippen molar-refractivity contribution >= 4 is 38.4 Å². The molecule has 5 nitrogen and oxygen atoms in total. The van der Waals surface area contributed by atoms with Gasteiger partial charge in [-0.3, -0.25) is 0 Å². The lowest BCUT2D eigenvalue weighted by molar-refractivity contribution is -0.0416. The Kier molecular flexibility index (Phi) is 4.35. The number of nitrogens with one attached hydrogen (secondary N) is 1. The largest absolute Gasteiger partial charge is 0.386 e. The molecule has 2 atom stereocenters. The van der Waals surface area contributed by atoms with Gasteiger partial charge in [-0.1, -0.05) is 0 Å². The first-order chi connectivity index (χ1) is 10.4. The molecule has 2 unspecified atom stereocenters. The van der Waals surface area contributed by atoms with Gasteiger partial charge in [0.25, 0.3) is 0 Å². The van der Waals surface area contributed by atoms with Crippen LogP contribution in [0.25, 0.3) is 10.9 Å². The number of halogens is 3. The lowest BCUT2D eigenvalue weighted by atomic mass is 10.1. The lowest BCUT2D eigenvalue weighted by Crippen LogP contribution is -2.38. The van der Waals surface area contributed by atoms with Gasteiger partial charge in [0.05, 0.1) is 22.4 Å². The molecule has 2 heterocycles. The van der Waals surface area contributed by atoms with Crippen LogP contribution in [0.4, 0.5) is 4.39 Å². The number of ether oxygens (including phenoxy) is 1. The molecular formula is C14H14BrClFN3O2. The number of aliphatic hydroxyl groups is 1. The minimum absolute atomic E-state index is 0.0425. The molecule has 1 saturated heterocycles. The van der Waals surface area contributed by atoms with Crippen molar-refractivity contribution in [3.63, 3.8) is 0 Å². The lowest BCUT2D eigenvalue weighted by Gasteiger charge is -2.20. The highest BCUT2D eigenvalue weighted by molar-refractivity contribution is 9.10. The van der Waals surface area contributed by atoms with E-state index in [9.17, 15) is 9.50 Å². The van der Waals surface area contributed by atoms with Crippen LogP contribution in [-0.2, 0) is 4.74 Å². The third-order valence-corrected chi connectivity index (χ3v) is 4.28. The van der Waals surface area contributed by atoms with Crippen molar-refractivity contribution in [1.82, 2.24) is 15.3 Å². The van der Waals surface area contributed by atoms with Gasteiger partial charge in [-0.2, -0.15) is 0 Å². The SMILES string of the molecule is CC1(O)CNCC(c2nc(Cl)nc3c(F)c(Br)ccc23)OC1. The Bertz CT molecular complexity index is 729. The van der Waals surface area contributed by atoms with Crippen LogP contribution in [0.2, 0.25) is 5.28 Å². The molecule has 22 heavy (non-hydrogen) atoms. The van der Waals surface area contributed by atoms with E-state index in [0.29, 0.717) is 28.6 Å². The summed E-state index contributed by atoms with van der Waals surface area (Å²) in [7, 11) is 0. The molecule has 0 bridgehead atoms. The minimum atomic E-state index is -0.963. The van der Waals surface area contributed by atoms with Gasteiger partial charge in [-0.15, -0.1) is 0 Å². The van der Waals surface area contributed by atoms with E-state index in [-0.39, 0.29) is 17.4 Å². The molecule has 2 aromatic rings. The molecule has 1 aliphatic rings. The number of hydrogen-bond donors (Lipinski definition) is 2. The summed E-state index contributed by atoms with van der Waals surface area (Å²) in [6, 6.07) is 3.32. The Hall–Kier alpha value is -0.860. The maximum atomic E-state index is 14.2. The smallest absolute Gasteiger partial charge is 0.223 e. The fraction of sp³-hybridized carbons (Fsp3) is 0.429. The van der Waals surface area contributed by atoms with Crippen LogP contribution in [0.1, 0.15) is 18.7 Å². The summed E-state index contributed by atoms with van der Waals surface area (Å²) < 4.78 is 20.3. The molecule has 2 N–H and O–H groups in total. The van der Waals surface area contributed by atoms with Crippen LogP contribution in [0.15, 0.2) is 16.6 Å². The van der Waals surface area contributed by atoms with Crippen molar-refractivity contribution in [2.75, 3.05) is 19.7 Å². The van der Waals surface area contributed by atoms with Crippen molar-refractivity contribution < 1.29 is 14.2 Å². The van der Waals surface area contributed by atoms with E-state index in [2.05, 4.69) is 31.2 Å². The van der Waals surface area contributed by atoms with Gasteiger partial charge in [0.1, 0.15) is 11.6 Å². The summed E-state index contributed by atoms with van der Waals surface area (Å²) in [5.41, 5.74) is -0.314. The van der Waals surface area contributed by atoms with E-state index in [4.69, 9.17) is 16.3 Å². The third-order valence-electron chi connectivity index (χ3n) is 3.50. The van der Waals surface area contributed by atoms with Gasteiger partial charge in [-0.25, -0.2) is 14.4 Å². The normalized spacial score (nSPS) is 26.1. The summed E-state index contributed by atoms with van der Waals surface area (Å²) >= 11 is 9.07. The van der Waals surface area contributed by atoms with Gasteiger partial charge >= 0.3 is 0 Å². The van der Waals surface area contributed by atoms with Crippen molar-refractivity contribution in [1.29, 1.82) is 0 Å². The van der Waals surface area contributed by atoms with E-state index in [1.165, 1.54) is 0 Å². The second kappa shape index (κ2) is 5.98. The third kappa shape index (κ3) is 3.09. The Morgan fingerprint density at radius 3 is 3.05 bits per heavy atom. The monoisotopic (exact) mass is 389 g/mol. The van der Waals surface area contributed by atoms with Crippen LogP contribution in [0.3, 0.4) is 0 Å². The summed E-state index contributed by atoms with van der Waals surface area (Å²) in [5.74, 6) is -0.489. The number of β-amino-alcohol motifs (C(OH)–C–C–N with tert-alkyl or cyclic N) is 1. The van der Waals surface area contributed by atoms with E-state index in [0.717, 1.165) is 0 Å². The molecule has 0 amide bonds. The maximum absolute atomic E-state index is 14.2. The molecular weight excluding hydrogens is 377 g/mol. The van der Waals surface area contributed by atoms with E-state index in [1.54, 1.807) is 19.1 Å². The zero-order chi connectivity index (χ0) is 15.9. The van der Waals surface area contributed by atoms with Crippen LogP contribution in [-0.4, -0.2) is 40.4 Å². The standard InChI is InChI=1S/C14H14BrClFN3O2/c1-14(21)5-18-4-9(22-6-14)11-7-2-3-8(15)10(17)12(7)20-13(16)19-11/h2-3,9,18,21H,4-6H2,1H3. The first-order valence-electron chi connectivity index (χ1n) is 6.73. The fourth-order valence-electron chi connectivity index (χ4n) is 2.42. The summed E-state index contributed by atoms with van der Waals surface area (Å²) in [6.45, 7) is 2.67. The molecule has 1 aliphatic heterocycles. The minimum Gasteiger partial charge on any atom is -0.386 e. The molecule has 0 aliphatic carbocycles. The van der Waals surface area contributed by atoms with Gasteiger partial charge in [0, 0.05) is 18.5 Å². The Labute approximate surface area is 140 Å². The molecule has 1 fully saturated rings. The van der Waals surface area contributed by atoms with Gasteiger partial charge in [-0.05, 0) is 46.6 Å². The second-order valence-electron chi connectivity index (χ2n) is 5.56. The number of benzene rings is 1. The zero-order valence-electron chi connectivity index (χ0n) is 11.7. The maximum Gasteiger partial charge on any atom is 0.223 e. The fourth-order valence-corrected chi connectivity index (χ4v) is 2.91. The van der Waals surface area contributed by atoms with Crippen LogP contribution < -0.4 is 5.32 Å². The molecule has 0 radical (unpaired) electrons. The molecule has 0 spiro atoms. The van der Waals surface area contributed by atoms with Gasteiger partial charge < -0.3 is 15.2 Å². The number of rotatable bonds is 1. The Morgan fingerprint density at radius 1 is 1.50 bits per heavy atom. The summed E-state index contributed by atoms with van der Waals surface area (Å²) in [6.07, 6.45) is -0.447. The highest BCUT2D eigenvalue weighted by Crippen LogP contribution is 2.31. The number of nitrogens with zero attached hydrogens (tertiary/aromatic N) is 2. The zero-order valence-corrected chi connectivity index (χ0v) is 14.1. The average Bonchev–Trinajstić information content (AvgIpc) is 2.63. The van der Waals surface area contributed by atoms with Crippen molar-refractivity contribution in [3.05, 3.63) is 33.4 Å². The average molecular weight is 391 g/mol.